The van der Waals surface area contributed by atoms with Gasteiger partial charge in [0, 0.05) is 13.1 Å². The number of nitrogens with one attached hydrogen (secondary N) is 1. The van der Waals surface area contributed by atoms with Crippen LogP contribution < -0.4 is 5.32 Å². The summed E-state index contributed by atoms with van der Waals surface area (Å²) in [6.45, 7) is 15.2. The SMILES string of the molecule is CCNCCCCCCN1CC=C(C(C)(C)C)CC1. The minimum atomic E-state index is 0.373. The van der Waals surface area contributed by atoms with Crippen LogP contribution in [0, 0.1) is 5.41 Å². The first-order chi connectivity index (χ1) is 9.04. The molecule has 0 aliphatic carbocycles. The Balaban J connectivity index is 2.05. The molecule has 112 valence electrons. The lowest BCUT2D eigenvalue weighted by molar-refractivity contribution is 0.272. The van der Waals surface area contributed by atoms with E-state index < -0.39 is 0 Å². The zero-order valence-corrected chi connectivity index (χ0v) is 13.6. The third-order valence-corrected chi connectivity index (χ3v) is 4.08. The van der Waals surface area contributed by atoms with Crippen molar-refractivity contribution in [2.24, 2.45) is 5.41 Å². The molecule has 0 bridgehead atoms. The maximum absolute atomic E-state index is 3.39. The molecule has 0 fully saturated rings. The van der Waals surface area contributed by atoms with Gasteiger partial charge in [0.25, 0.3) is 0 Å². The third-order valence-electron chi connectivity index (χ3n) is 4.08. The molecule has 1 heterocycles. The van der Waals surface area contributed by atoms with E-state index in [4.69, 9.17) is 0 Å². The van der Waals surface area contributed by atoms with Gasteiger partial charge in [-0.15, -0.1) is 0 Å². The van der Waals surface area contributed by atoms with Gasteiger partial charge in [0.1, 0.15) is 0 Å². The highest BCUT2D eigenvalue weighted by atomic mass is 15.1. The van der Waals surface area contributed by atoms with Crippen molar-refractivity contribution in [1.82, 2.24) is 10.2 Å². The van der Waals surface area contributed by atoms with Crippen molar-refractivity contribution in [1.29, 1.82) is 0 Å². The van der Waals surface area contributed by atoms with Crippen molar-refractivity contribution >= 4 is 0 Å². The van der Waals surface area contributed by atoms with Gasteiger partial charge in [-0.1, -0.05) is 52.2 Å². The summed E-state index contributed by atoms with van der Waals surface area (Å²) in [6.07, 6.45) is 9.20. The summed E-state index contributed by atoms with van der Waals surface area (Å²) in [5.41, 5.74) is 2.02. The first-order valence-electron chi connectivity index (χ1n) is 8.16. The van der Waals surface area contributed by atoms with E-state index in [9.17, 15) is 0 Å². The number of nitrogens with zero attached hydrogens (tertiary/aromatic N) is 1. The van der Waals surface area contributed by atoms with Crippen LogP contribution in [0.4, 0.5) is 0 Å². The lowest BCUT2D eigenvalue weighted by Crippen LogP contribution is -2.32. The highest BCUT2D eigenvalue weighted by molar-refractivity contribution is 5.14. The van der Waals surface area contributed by atoms with Crippen LogP contribution in [-0.2, 0) is 0 Å². The van der Waals surface area contributed by atoms with Gasteiger partial charge in [0.2, 0.25) is 0 Å². The van der Waals surface area contributed by atoms with Crippen LogP contribution in [0.2, 0.25) is 0 Å². The van der Waals surface area contributed by atoms with Gasteiger partial charge in [-0.3, -0.25) is 4.90 Å². The third kappa shape index (κ3) is 7.12. The van der Waals surface area contributed by atoms with Crippen LogP contribution in [0.1, 0.15) is 59.8 Å². The zero-order valence-electron chi connectivity index (χ0n) is 13.6. The predicted molar refractivity (Wildman–Crippen MR) is 85.6 cm³/mol. The maximum atomic E-state index is 3.39. The fraction of sp³-hybridized carbons (Fsp3) is 0.882. The minimum absolute atomic E-state index is 0.373. The van der Waals surface area contributed by atoms with Gasteiger partial charge < -0.3 is 5.32 Å². The van der Waals surface area contributed by atoms with E-state index in [-0.39, 0.29) is 0 Å². The van der Waals surface area contributed by atoms with Gasteiger partial charge in [0.05, 0.1) is 0 Å². The van der Waals surface area contributed by atoms with Gasteiger partial charge in [0.15, 0.2) is 0 Å². The van der Waals surface area contributed by atoms with E-state index in [1.807, 2.05) is 0 Å². The monoisotopic (exact) mass is 266 g/mol. The fourth-order valence-corrected chi connectivity index (χ4v) is 2.71. The molecule has 1 aliphatic rings. The lowest BCUT2D eigenvalue weighted by Gasteiger charge is -2.32. The van der Waals surface area contributed by atoms with Crippen molar-refractivity contribution in [2.75, 3.05) is 32.7 Å². The Morgan fingerprint density at radius 2 is 1.89 bits per heavy atom. The van der Waals surface area contributed by atoms with E-state index >= 15 is 0 Å². The summed E-state index contributed by atoms with van der Waals surface area (Å²) in [4.78, 5) is 2.61. The molecule has 1 N–H and O–H groups in total. The molecular weight excluding hydrogens is 232 g/mol. The highest BCUT2D eigenvalue weighted by Gasteiger charge is 2.20. The van der Waals surface area contributed by atoms with Crippen LogP contribution in [0.5, 0.6) is 0 Å². The summed E-state index contributed by atoms with van der Waals surface area (Å²) < 4.78 is 0. The van der Waals surface area contributed by atoms with Crippen LogP contribution in [0.3, 0.4) is 0 Å². The molecule has 0 unspecified atom stereocenters. The second-order valence-electron chi connectivity index (χ2n) is 6.80. The molecule has 19 heavy (non-hydrogen) atoms. The molecule has 1 aliphatic heterocycles. The Labute approximate surface area is 120 Å². The number of hydrogen-bond donors (Lipinski definition) is 1. The second kappa shape index (κ2) is 8.76. The van der Waals surface area contributed by atoms with Crippen LogP contribution in [-0.4, -0.2) is 37.6 Å². The average molecular weight is 266 g/mol. The molecule has 2 heteroatoms. The Kier molecular flexibility index (Phi) is 7.70. The second-order valence-corrected chi connectivity index (χ2v) is 6.80. The molecule has 1 rings (SSSR count). The molecule has 0 aromatic rings. The minimum Gasteiger partial charge on any atom is -0.317 e. The molecule has 0 saturated heterocycles. The topological polar surface area (TPSA) is 15.3 Å². The molecule has 0 spiro atoms. The lowest BCUT2D eigenvalue weighted by atomic mass is 9.83. The van der Waals surface area contributed by atoms with Crippen LogP contribution in [0.25, 0.3) is 0 Å². The van der Waals surface area contributed by atoms with Gasteiger partial charge in [-0.05, 0) is 44.3 Å². The fourth-order valence-electron chi connectivity index (χ4n) is 2.71. The van der Waals surface area contributed by atoms with E-state index in [0.717, 1.165) is 6.54 Å². The normalized spacial score (nSPS) is 17.6. The van der Waals surface area contributed by atoms with E-state index in [2.05, 4.69) is 44.0 Å². The van der Waals surface area contributed by atoms with E-state index in [1.54, 1.807) is 5.57 Å². The predicted octanol–water partition coefficient (Wildman–Crippen LogP) is 3.83. The summed E-state index contributed by atoms with van der Waals surface area (Å²) in [5, 5.41) is 3.39. The van der Waals surface area contributed by atoms with Crippen LogP contribution in [0.15, 0.2) is 11.6 Å². The number of unbranched alkanes of at least 4 members (excludes halogenated alkanes) is 3. The van der Waals surface area contributed by atoms with Gasteiger partial charge in [-0.2, -0.15) is 0 Å². The molecule has 2 nitrogen and oxygen atoms in total. The molecule has 0 radical (unpaired) electrons. The summed E-state index contributed by atoms with van der Waals surface area (Å²) in [6, 6.07) is 0. The van der Waals surface area contributed by atoms with Crippen molar-refractivity contribution in [2.45, 2.75) is 59.8 Å². The van der Waals surface area contributed by atoms with Gasteiger partial charge >= 0.3 is 0 Å². The smallest absolute Gasteiger partial charge is 0.0166 e. The summed E-state index contributed by atoms with van der Waals surface area (Å²) >= 11 is 0. The molecular formula is C17H34N2. The maximum Gasteiger partial charge on any atom is 0.0166 e. The van der Waals surface area contributed by atoms with Crippen molar-refractivity contribution in [3.8, 4) is 0 Å². The number of hydrogen-bond acceptors (Lipinski definition) is 2. The molecule has 0 aromatic carbocycles. The first kappa shape index (κ1) is 16.7. The summed E-state index contributed by atoms with van der Waals surface area (Å²) in [7, 11) is 0. The van der Waals surface area contributed by atoms with Crippen molar-refractivity contribution < 1.29 is 0 Å². The van der Waals surface area contributed by atoms with Crippen LogP contribution >= 0.6 is 0 Å². The van der Waals surface area contributed by atoms with Crippen molar-refractivity contribution in [3.63, 3.8) is 0 Å². The average Bonchev–Trinajstić information content (AvgIpc) is 2.37. The molecule has 0 saturated carbocycles. The highest BCUT2D eigenvalue weighted by Crippen LogP contribution is 2.30. The Hall–Kier alpha value is -0.340. The number of rotatable bonds is 8. The first-order valence-corrected chi connectivity index (χ1v) is 8.16. The molecule has 0 atom stereocenters. The standard InChI is InChI=1S/C17H34N2/c1-5-18-12-8-6-7-9-13-19-14-10-16(11-15-19)17(2,3)4/h10,18H,5-9,11-15H2,1-4H3. The Morgan fingerprint density at radius 3 is 2.47 bits per heavy atom. The van der Waals surface area contributed by atoms with E-state index in [0.29, 0.717) is 5.41 Å². The zero-order chi connectivity index (χ0) is 14.1. The Morgan fingerprint density at radius 1 is 1.16 bits per heavy atom. The van der Waals surface area contributed by atoms with E-state index in [1.165, 1.54) is 58.3 Å². The summed E-state index contributed by atoms with van der Waals surface area (Å²) in [5.74, 6) is 0. The molecule has 0 amide bonds. The molecule has 0 aromatic heterocycles. The Bertz CT molecular complexity index is 263. The van der Waals surface area contributed by atoms with Gasteiger partial charge in [-0.25, -0.2) is 0 Å². The van der Waals surface area contributed by atoms with Crippen molar-refractivity contribution in [3.05, 3.63) is 11.6 Å². The largest absolute Gasteiger partial charge is 0.317 e. The quantitative estimate of drug-likeness (QED) is 0.530.